The molecule has 0 N–H and O–H groups in total. The van der Waals surface area contributed by atoms with Crippen LogP contribution in [0.1, 0.15) is 69.8 Å². The van der Waals surface area contributed by atoms with Crippen LogP contribution in [-0.4, -0.2) is 11.3 Å². The van der Waals surface area contributed by atoms with Gasteiger partial charge in [-0.3, -0.25) is 0 Å². The molecule has 2 fully saturated rings. The maximum Gasteiger partial charge on any atom is 0.0317 e. The summed E-state index contributed by atoms with van der Waals surface area (Å²) in [5.41, 5.74) is 2.65. The zero-order chi connectivity index (χ0) is 24.8. The summed E-state index contributed by atoms with van der Waals surface area (Å²) in [7, 11) is 0. The van der Waals surface area contributed by atoms with Gasteiger partial charge in [-0.2, -0.15) is 0 Å². The lowest BCUT2D eigenvalue weighted by Gasteiger charge is -2.43. The van der Waals surface area contributed by atoms with Crippen molar-refractivity contribution >= 4 is 51.6 Å². The molecule has 0 nitrogen and oxygen atoms in total. The molecule has 0 amide bonds. The molecule has 36 heavy (non-hydrogen) atoms. The van der Waals surface area contributed by atoms with E-state index in [1.54, 1.807) is 0 Å². The first-order valence-corrected chi connectivity index (χ1v) is 19.5. The van der Waals surface area contributed by atoms with E-state index in [1.807, 2.05) is 0 Å². The van der Waals surface area contributed by atoms with Gasteiger partial charge in [0.15, 0.2) is 0 Å². The lowest BCUT2D eigenvalue weighted by Crippen LogP contribution is -2.24. The molecule has 5 rings (SSSR count). The number of hydrogen-bond acceptors (Lipinski definition) is 2. The van der Waals surface area contributed by atoms with Crippen LogP contribution in [0, 0.1) is 0 Å². The second-order valence-electron chi connectivity index (χ2n) is 10.5. The van der Waals surface area contributed by atoms with Crippen molar-refractivity contribution in [3.63, 3.8) is 0 Å². The van der Waals surface area contributed by atoms with Crippen molar-refractivity contribution in [3.05, 3.63) is 102 Å². The van der Waals surface area contributed by atoms with Gasteiger partial charge in [-0.15, -0.1) is 0 Å². The van der Waals surface area contributed by atoms with E-state index in [2.05, 4.69) is 96.8 Å². The van der Waals surface area contributed by atoms with E-state index in [-0.39, 0.29) is 0 Å². The van der Waals surface area contributed by atoms with Gasteiger partial charge in [-0.05, 0) is 70.3 Å². The molecule has 0 heterocycles. The summed E-state index contributed by atoms with van der Waals surface area (Å²) in [4.78, 5) is 0. The van der Waals surface area contributed by atoms with Crippen molar-refractivity contribution in [2.24, 2.45) is 0 Å². The summed E-state index contributed by atoms with van der Waals surface area (Å²) in [5, 5.41) is 4.01. The summed E-state index contributed by atoms with van der Waals surface area (Å²) in [6.45, 7) is 0. The minimum Gasteiger partial charge on any atom is -0.0920 e. The van der Waals surface area contributed by atoms with Crippen molar-refractivity contribution in [1.82, 2.24) is 0 Å². The van der Waals surface area contributed by atoms with Crippen LogP contribution in [0.15, 0.2) is 96.8 Å². The molecule has 2 saturated carbocycles. The molecule has 0 radical (unpaired) electrons. The minimum absolute atomic E-state index is 0.658. The Hall–Kier alpha value is -1.30. The third-order valence-electron chi connectivity index (χ3n) is 8.26. The first-order valence-electron chi connectivity index (χ1n) is 13.7. The molecule has 0 bridgehead atoms. The molecule has 188 valence electrons. The van der Waals surface area contributed by atoms with E-state index in [1.165, 1.54) is 85.7 Å². The average Bonchev–Trinajstić information content (AvgIpc) is 2.97. The van der Waals surface area contributed by atoms with E-state index in [0.717, 1.165) is 0 Å². The Labute approximate surface area is 228 Å². The van der Waals surface area contributed by atoms with Gasteiger partial charge in [0.05, 0.1) is 0 Å². The van der Waals surface area contributed by atoms with Crippen molar-refractivity contribution in [2.75, 3.05) is 0 Å². The average molecular weight is 549 g/mol. The lowest BCUT2D eigenvalue weighted by molar-refractivity contribution is 0.486. The van der Waals surface area contributed by atoms with Gasteiger partial charge < -0.3 is 0 Å². The van der Waals surface area contributed by atoms with Crippen LogP contribution in [-0.2, 0) is 23.6 Å². The highest BCUT2D eigenvalue weighted by atomic mass is 32.4. The van der Waals surface area contributed by atoms with Gasteiger partial charge in [0.25, 0.3) is 0 Å². The molecule has 4 heteroatoms. The van der Waals surface area contributed by atoms with Crippen LogP contribution in [0.25, 0.3) is 5.31 Å². The van der Waals surface area contributed by atoms with Crippen molar-refractivity contribution in [2.45, 2.75) is 75.5 Å². The fraction of sp³-hybridized carbons (Fsp3) is 0.375. The Morgan fingerprint density at radius 1 is 0.556 bits per heavy atom. The van der Waals surface area contributed by atoms with Crippen molar-refractivity contribution in [3.8, 4) is 0 Å². The van der Waals surface area contributed by atoms with E-state index in [0.29, 0.717) is 11.3 Å². The van der Waals surface area contributed by atoms with Crippen molar-refractivity contribution in [1.29, 1.82) is 0 Å². The maximum absolute atomic E-state index is 7.13. The smallest absolute Gasteiger partial charge is 0.0317 e. The van der Waals surface area contributed by atoms with E-state index in [9.17, 15) is 0 Å². The molecule has 0 spiro atoms. The third kappa shape index (κ3) is 5.44. The highest BCUT2D eigenvalue weighted by Gasteiger charge is 2.41. The van der Waals surface area contributed by atoms with Crippen LogP contribution in [0.5, 0.6) is 0 Å². The van der Waals surface area contributed by atoms with Gasteiger partial charge in [0.1, 0.15) is 0 Å². The fourth-order valence-corrected chi connectivity index (χ4v) is 17.4. The lowest BCUT2D eigenvalue weighted by atomic mass is 9.99. The SMILES string of the molecule is S=P(/C=C(\c1ccccc1)P(=S)(C1CCCCC1)C1CCCCC1)(c1ccccc1)c1ccccc1. The fourth-order valence-electron chi connectivity index (χ4n) is 6.37. The first kappa shape index (κ1) is 26.3. The molecule has 3 aromatic rings. The first-order chi connectivity index (χ1) is 17.6. The molecule has 0 saturated heterocycles. The molecule has 2 aliphatic carbocycles. The molecular weight excluding hydrogens is 510 g/mol. The molecule has 0 aliphatic heterocycles. The largest absolute Gasteiger partial charge is 0.0920 e. The molecule has 2 aliphatic rings. The predicted molar refractivity (Wildman–Crippen MR) is 169 cm³/mol. The second kappa shape index (κ2) is 12.0. The third-order valence-corrected chi connectivity index (χ3v) is 19.5. The van der Waals surface area contributed by atoms with Crippen LogP contribution >= 0.6 is 12.1 Å². The number of benzene rings is 3. The highest BCUT2D eigenvalue weighted by Crippen LogP contribution is 2.72. The quantitative estimate of drug-likeness (QED) is 0.270. The summed E-state index contributed by atoms with van der Waals surface area (Å²) in [6.07, 6.45) is 13.3. The van der Waals surface area contributed by atoms with Crippen LogP contribution in [0.4, 0.5) is 0 Å². The minimum atomic E-state index is -2.21. The van der Waals surface area contributed by atoms with Crippen LogP contribution in [0.3, 0.4) is 0 Å². The van der Waals surface area contributed by atoms with Crippen LogP contribution in [0.2, 0.25) is 0 Å². The van der Waals surface area contributed by atoms with Gasteiger partial charge in [-0.25, -0.2) is 0 Å². The highest BCUT2D eigenvalue weighted by molar-refractivity contribution is 8.25. The predicted octanol–water partition coefficient (Wildman–Crippen LogP) is 9.26. The molecule has 0 unspecified atom stereocenters. The Morgan fingerprint density at radius 2 is 0.944 bits per heavy atom. The zero-order valence-corrected chi connectivity index (χ0v) is 24.6. The summed E-state index contributed by atoms with van der Waals surface area (Å²) in [6, 6.07) is 28.8. The maximum atomic E-state index is 7.13. The monoisotopic (exact) mass is 548 g/mol. The Bertz CT molecular complexity index is 1170. The summed E-state index contributed by atoms with van der Waals surface area (Å²) >= 11 is 13.9. The summed E-state index contributed by atoms with van der Waals surface area (Å²) < 4.78 is 0. The number of rotatable bonds is 7. The molecule has 3 aromatic carbocycles. The number of hydrogen-bond donors (Lipinski definition) is 0. The van der Waals surface area contributed by atoms with E-state index in [4.69, 9.17) is 23.6 Å². The summed E-state index contributed by atoms with van der Waals surface area (Å²) in [5.74, 6) is 2.58. The molecule has 0 atom stereocenters. The van der Waals surface area contributed by atoms with Gasteiger partial charge in [-0.1, -0.05) is 153 Å². The van der Waals surface area contributed by atoms with E-state index >= 15 is 0 Å². The topological polar surface area (TPSA) is 0 Å². The van der Waals surface area contributed by atoms with Crippen molar-refractivity contribution < 1.29 is 0 Å². The van der Waals surface area contributed by atoms with Gasteiger partial charge in [0, 0.05) is 6.04 Å². The molecule has 0 aromatic heterocycles. The Balaban J connectivity index is 1.77. The normalized spacial score (nSPS) is 18.7. The van der Waals surface area contributed by atoms with Crippen LogP contribution < -0.4 is 10.6 Å². The zero-order valence-electron chi connectivity index (χ0n) is 21.2. The Kier molecular flexibility index (Phi) is 8.80. The van der Waals surface area contributed by atoms with E-state index < -0.39 is 12.1 Å². The molecular formula is C32H38P2S2. The Morgan fingerprint density at radius 3 is 1.36 bits per heavy atom. The second-order valence-corrected chi connectivity index (χ2v) is 20.0. The van der Waals surface area contributed by atoms with Gasteiger partial charge >= 0.3 is 0 Å². The standard InChI is InChI=1S/C32H38P2S2/c35-33(28-18-8-2-9-19-28,29-20-10-3-11-21-29)26-32(27-16-6-1-7-17-27)34(36,30-22-12-4-13-23-30)31-24-14-5-15-25-31/h1-3,6-11,16-21,26,30-31H,4-5,12-15,22-25H2/b32-26+. The van der Waals surface area contributed by atoms with Gasteiger partial charge in [0.2, 0.25) is 0 Å².